The van der Waals surface area contributed by atoms with Crippen molar-refractivity contribution in [1.82, 2.24) is 5.32 Å². The van der Waals surface area contributed by atoms with E-state index in [-0.39, 0.29) is 11.9 Å². The average Bonchev–Trinajstić information content (AvgIpc) is 2.27. The number of hydrogen-bond acceptors (Lipinski definition) is 1. The highest BCUT2D eigenvalue weighted by Gasteiger charge is 2.17. The third-order valence-electron chi connectivity index (χ3n) is 3.17. The van der Waals surface area contributed by atoms with E-state index >= 15 is 0 Å². The topological polar surface area (TPSA) is 29.1 Å². The minimum atomic E-state index is -0.00341. The van der Waals surface area contributed by atoms with Crippen molar-refractivity contribution in [2.45, 2.75) is 40.2 Å². The Hall–Kier alpha value is -1.02. The SMILES string of the molecule is Cc1ccc(C(=O)NC(CCCl)C(C)C)c(C)c1. The monoisotopic (exact) mass is 267 g/mol. The van der Waals surface area contributed by atoms with Crippen LogP contribution in [0, 0.1) is 19.8 Å². The molecule has 0 bridgehead atoms. The summed E-state index contributed by atoms with van der Waals surface area (Å²) in [6.07, 6.45) is 0.801. The van der Waals surface area contributed by atoms with Crippen molar-refractivity contribution in [3.05, 3.63) is 34.9 Å². The highest BCUT2D eigenvalue weighted by molar-refractivity contribution is 6.17. The summed E-state index contributed by atoms with van der Waals surface area (Å²) < 4.78 is 0. The van der Waals surface area contributed by atoms with Crippen LogP contribution in [-0.2, 0) is 0 Å². The van der Waals surface area contributed by atoms with Gasteiger partial charge in [-0.3, -0.25) is 4.79 Å². The third-order valence-corrected chi connectivity index (χ3v) is 3.39. The molecule has 1 atom stereocenters. The summed E-state index contributed by atoms with van der Waals surface area (Å²) >= 11 is 5.77. The lowest BCUT2D eigenvalue weighted by Crippen LogP contribution is -2.39. The number of rotatable bonds is 5. The molecule has 0 fully saturated rings. The summed E-state index contributed by atoms with van der Waals surface area (Å²) in [6.45, 7) is 8.19. The van der Waals surface area contributed by atoms with E-state index < -0.39 is 0 Å². The summed E-state index contributed by atoms with van der Waals surface area (Å²) in [7, 11) is 0. The zero-order valence-electron chi connectivity index (χ0n) is 11.6. The van der Waals surface area contributed by atoms with E-state index in [2.05, 4.69) is 19.2 Å². The number of aryl methyl sites for hydroxylation is 2. The van der Waals surface area contributed by atoms with Gasteiger partial charge in [0.15, 0.2) is 0 Å². The average molecular weight is 268 g/mol. The van der Waals surface area contributed by atoms with Crippen LogP contribution in [0.3, 0.4) is 0 Å². The maximum atomic E-state index is 12.2. The summed E-state index contributed by atoms with van der Waals surface area (Å²) in [6, 6.07) is 6.02. The zero-order chi connectivity index (χ0) is 13.7. The molecule has 0 saturated heterocycles. The Morgan fingerprint density at radius 3 is 2.50 bits per heavy atom. The Balaban J connectivity index is 2.80. The van der Waals surface area contributed by atoms with Gasteiger partial charge in [0.25, 0.3) is 5.91 Å². The summed E-state index contributed by atoms with van der Waals surface area (Å²) in [5.74, 6) is 0.950. The van der Waals surface area contributed by atoms with E-state index in [9.17, 15) is 4.79 Å². The summed E-state index contributed by atoms with van der Waals surface area (Å²) in [4.78, 5) is 12.2. The predicted octanol–water partition coefficient (Wildman–Crippen LogP) is 3.69. The molecule has 0 spiro atoms. The normalized spacial score (nSPS) is 12.6. The van der Waals surface area contributed by atoms with Gasteiger partial charge in [0.05, 0.1) is 0 Å². The highest BCUT2D eigenvalue weighted by Crippen LogP contribution is 2.13. The molecule has 1 N–H and O–H groups in total. The van der Waals surface area contributed by atoms with Gasteiger partial charge in [0.2, 0.25) is 0 Å². The third kappa shape index (κ3) is 4.02. The van der Waals surface area contributed by atoms with E-state index in [1.807, 2.05) is 32.0 Å². The van der Waals surface area contributed by atoms with Gasteiger partial charge in [-0.25, -0.2) is 0 Å². The minimum Gasteiger partial charge on any atom is -0.349 e. The number of alkyl halides is 1. The fourth-order valence-corrected chi connectivity index (χ4v) is 2.24. The van der Waals surface area contributed by atoms with Gasteiger partial charge in [-0.1, -0.05) is 31.5 Å². The number of nitrogens with one attached hydrogen (secondary N) is 1. The number of carbonyl (C=O) groups excluding carboxylic acids is 1. The number of amides is 1. The molecule has 0 aliphatic heterocycles. The fourth-order valence-electron chi connectivity index (χ4n) is 2.00. The van der Waals surface area contributed by atoms with Gasteiger partial charge < -0.3 is 5.32 Å². The summed E-state index contributed by atoms with van der Waals surface area (Å²) in [5, 5.41) is 3.07. The maximum Gasteiger partial charge on any atom is 0.251 e. The van der Waals surface area contributed by atoms with E-state index in [1.165, 1.54) is 5.56 Å². The van der Waals surface area contributed by atoms with Crippen LogP contribution in [0.4, 0.5) is 0 Å². The van der Waals surface area contributed by atoms with Crippen LogP contribution >= 0.6 is 11.6 Å². The first-order chi connectivity index (χ1) is 8.45. The van der Waals surface area contributed by atoms with Gasteiger partial charge >= 0.3 is 0 Å². The van der Waals surface area contributed by atoms with E-state index in [4.69, 9.17) is 11.6 Å². The predicted molar refractivity (Wildman–Crippen MR) is 77.3 cm³/mol. The largest absolute Gasteiger partial charge is 0.349 e. The smallest absolute Gasteiger partial charge is 0.251 e. The Bertz CT molecular complexity index is 415. The quantitative estimate of drug-likeness (QED) is 0.810. The van der Waals surface area contributed by atoms with Gasteiger partial charge in [-0.05, 0) is 37.8 Å². The first kappa shape index (κ1) is 15.0. The van der Waals surface area contributed by atoms with Crippen molar-refractivity contribution in [2.75, 3.05) is 5.88 Å². The second-order valence-electron chi connectivity index (χ2n) is 5.12. The van der Waals surface area contributed by atoms with Crippen molar-refractivity contribution >= 4 is 17.5 Å². The molecule has 1 amide bonds. The molecule has 0 aliphatic rings. The van der Waals surface area contributed by atoms with Crippen molar-refractivity contribution < 1.29 is 4.79 Å². The molecule has 0 heterocycles. The lowest BCUT2D eigenvalue weighted by Gasteiger charge is -2.22. The molecule has 0 saturated carbocycles. The van der Waals surface area contributed by atoms with Crippen LogP contribution in [0.2, 0.25) is 0 Å². The Morgan fingerprint density at radius 1 is 1.33 bits per heavy atom. The second-order valence-corrected chi connectivity index (χ2v) is 5.50. The molecule has 2 nitrogen and oxygen atoms in total. The summed E-state index contributed by atoms with van der Waals surface area (Å²) in [5.41, 5.74) is 2.94. The Kier molecular flexibility index (Phi) is 5.67. The number of hydrogen-bond donors (Lipinski definition) is 1. The van der Waals surface area contributed by atoms with Crippen molar-refractivity contribution in [2.24, 2.45) is 5.92 Å². The van der Waals surface area contributed by atoms with Crippen LogP contribution in [0.15, 0.2) is 18.2 Å². The molecule has 1 aromatic rings. The molecule has 0 radical (unpaired) electrons. The number of halogens is 1. The Morgan fingerprint density at radius 2 is 2.00 bits per heavy atom. The molecule has 1 unspecified atom stereocenters. The standard InChI is InChI=1S/C15H22ClNO/c1-10(2)14(7-8-16)17-15(18)13-6-5-11(3)9-12(13)4/h5-6,9-10,14H,7-8H2,1-4H3,(H,17,18). The molecular formula is C15H22ClNO. The van der Waals surface area contributed by atoms with E-state index in [1.54, 1.807) is 0 Å². The minimum absolute atomic E-state index is 0.00341. The lowest BCUT2D eigenvalue weighted by molar-refractivity contribution is 0.0924. The second kappa shape index (κ2) is 6.79. The number of carbonyl (C=O) groups is 1. The lowest BCUT2D eigenvalue weighted by atomic mass is 10.00. The van der Waals surface area contributed by atoms with Gasteiger partial charge in [0, 0.05) is 17.5 Å². The van der Waals surface area contributed by atoms with Gasteiger partial charge in [-0.15, -0.1) is 11.6 Å². The first-order valence-electron chi connectivity index (χ1n) is 6.39. The van der Waals surface area contributed by atoms with E-state index in [0.717, 1.165) is 17.5 Å². The van der Waals surface area contributed by atoms with E-state index in [0.29, 0.717) is 11.8 Å². The molecule has 0 aliphatic carbocycles. The van der Waals surface area contributed by atoms with Gasteiger partial charge in [-0.2, -0.15) is 0 Å². The molecule has 100 valence electrons. The van der Waals surface area contributed by atoms with Crippen LogP contribution in [0.25, 0.3) is 0 Å². The van der Waals surface area contributed by atoms with Crippen LogP contribution in [-0.4, -0.2) is 17.8 Å². The van der Waals surface area contributed by atoms with Crippen LogP contribution in [0.1, 0.15) is 41.8 Å². The molecule has 1 aromatic carbocycles. The zero-order valence-corrected chi connectivity index (χ0v) is 12.3. The molecule has 3 heteroatoms. The molecular weight excluding hydrogens is 246 g/mol. The van der Waals surface area contributed by atoms with Crippen molar-refractivity contribution in [3.63, 3.8) is 0 Å². The van der Waals surface area contributed by atoms with Crippen molar-refractivity contribution in [1.29, 1.82) is 0 Å². The fraction of sp³-hybridized carbons (Fsp3) is 0.533. The first-order valence-corrected chi connectivity index (χ1v) is 6.93. The van der Waals surface area contributed by atoms with Crippen LogP contribution < -0.4 is 5.32 Å². The highest BCUT2D eigenvalue weighted by atomic mass is 35.5. The van der Waals surface area contributed by atoms with Gasteiger partial charge in [0.1, 0.15) is 0 Å². The molecule has 0 aromatic heterocycles. The molecule has 1 rings (SSSR count). The molecule has 18 heavy (non-hydrogen) atoms. The number of benzene rings is 1. The Labute approximate surface area is 115 Å². The van der Waals surface area contributed by atoms with Crippen molar-refractivity contribution in [3.8, 4) is 0 Å². The van der Waals surface area contributed by atoms with Crippen LogP contribution in [0.5, 0.6) is 0 Å². The maximum absolute atomic E-state index is 12.2.